The molecule has 0 saturated carbocycles. The molecule has 0 bridgehead atoms. The van der Waals surface area contributed by atoms with E-state index in [4.69, 9.17) is 5.11 Å². The number of carboxylic acids is 1. The number of carbonyl (C=O) groups excluding carboxylic acids is 2. The Morgan fingerprint density at radius 3 is 1.95 bits per heavy atom. The molecule has 0 rings (SSSR count). The van der Waals surface area contributed by atoms with Gasteiger partial charge in [0.1, 0.15) is 6.04 Å². The molecule has 1 unspecified atom stereocenters. The third-order valence-corrected chi connectivity index (χ3v) is 2.54. The Morgan fingerprint density at radius 2 is 1.55 bits per heavy atom. The molecule has 0 radical (unpaired) electrons. The normalized spacial score (nSPS) is 13.5. The number of carbonyl (C=O) groups is 3. The SMILES string of the molecule is CC(NC(=O)CC(C)(C)CC(=O)O)C(=O)NC(C)(C)C. The van der Waals surface area contributed by atoms with Crippen LogP contribution in [0.2, 0.25) is 0 Å². The van der Waals surface area contributed by atoms with Crippen LogP contribution in [-0.4, -0.2) is 34.5 Å². The molecule has 116 valence electrons. The van der Waals surface area contributed by atoms with Crippen molar-refractivity contribution in [1.29, 1.82) is 0 Å². The van der Waals surface area contributed by atoms with E-state index in [0.29, 0.717) is 0 Å². The first-order valence-electron chi connectivity index (χ1n) is 6.65. The maximum atomic E-state index is 11.8. The fourth-order valence-electron chi connectivity index (χ4n) is 1.74. The first-order valence-corrected chi connectivity index (χ1v) is 6.65. The van der Waals surface area contributed by atoms with E-state index in [1.54, 1.807) is 20.8 Å². The van der Waals surface area contributed by atoms with Crippen LogP contribution in [0, 0.1) is 5.41 Å². The second kappa shape index (κ2) is 6.72. The van der Waals surface area contributed by atoms with Crippen LogP contribution in [0.4, 0.5) is 0 Å². The van der Waals surface area contributed by atoms with Gasteiger partial charge in [-0.25, -0.2) is 0 Å². The van der Waals surface area contributed by atoms with E-state index >= 15 is 0 Å². The Bertz CT molecular complexity index is 383. The predicted molar refractivity (Wildman–Crippen MR) is 76.2 cm³/mol. The lowest BCUT2D eigenvalue weighted by atomic mass is 9.85. The highest BCUT2D eigenvalue weighted by atomic mass is 16.4. The summed E-state index contributed by atoms with van der Waals surface area (Å²) in [5.74, 6) is -1.53. The predicted octanol–water partition coefficient (Wildman–Crippen LogP) is 1.30. The van der Waals surface area contributed by atoms with Gasteiger partial charge in [-0.15, -0.1) is 0 Å². The van der Waals surface area contributed by atoms with Crippen LogP contribution in [-0.2, 0) is 14.4 Å². The molecule has 2 amide bonds. The number of hydrogen-bond acceptors (Lipinski definition) is 3. The minimum atomic E-state index is -0.943. The van der Waals surface area contributed by atoms with Gasteiger partial charge in [0, 0.05) is 12.0 Å². The molecule has 0 aliphatic rings. The van der Waals surface area contributed by atoms with Crippen LogP contribution in [0.25, 0.3) is 0 Å². The van der Waals surface area contributed by atoms with Crippen molar-refractivity contribution in [3.05, 3.63) is 0 Å². The van der Waals surface area contributed by atoms with Gasteiger partial charge < -0.3 is 15.7 Å². The highest BCUT2D eigenvalue weighted by Crippen LogP contribution is 2.24. The Labute approximate surface area is 120 Å². The first kappa shape index (κ1) is 18.4. The number of nitrogens with one attached hydrogen (secondary N) is 2. The molecule has 0 heterocycles. The third-order valence-electron chi connectivity index (χ3n) is 2.54. The molecule has 0 aliphatic heterocycles. The molecule has 3 N–H and O–H groups in total. The molecule has 6 nitrogen and oxygen atoms in total. The molecule has 0 spiro atoms. The van der Waals surface area contributed by atoms with E-state index in [-0.39, 0.29) is 30.2 Å². The number of amides is 2. The van der Waals surface area contributed by atoms with Crippen molar-refractivity contribution in [1.82, 2.24) is 10.6 Å². The van der Waals surface area contributed by atoms with E-state index in [0.717, 1.165) is 0 Å². The van der Waals surface area contributed by atoms with E-state index < -0.39 is 17.4 Å². The van der Waals surface area contributed by atoms with Crippen molar-refractivity contribution in [2.24, 2.45) is 5.41 Å². The van der Waals surface area contributed by atoms with Gasteiger partial charge in [-0.2, -0.15) is 0 Å². The molecule has 20 heavy (non-hydrogen) atoms. The highest BCUT2D eigenvalue weighted by Gasteiger charge is 2.27. The molecule has 0 fully saturated rings. The summed E-state index contributed by atoms with van der Waals surface area (Å²) in [4.78, 5) is 34.3. The van der Waals surface area contributed by atoms with Gasteiger partial charge in [-0.3, -0.25) is 14.4 Å². The second-order valence-corrected chi connectivity index (χ2v) is 6.94. The minimum absolute atomic E-state index is 0.0619. The second-order valence-electron chi connectivity index (χ2n) is 6.94. The van der Waals surface area contributed by atoms with Crippen molar-refractivity contribution in [2.45, 2.75) is 66.0 Å². The van der Waals surface area contributed by atoms with Crippen molar-refractivity contribution < 1.29 is 19.5 Å². The average molecular weight is 286 g/mol. The molecule has 0 saturated heterocycles. The maximum absolute atomic E-state index is 11.8. The zero-order valence-electron chi connectivity index (χ0n) is 13.2. The average Bonchev–Trinajstić information content (AvgIpc) is 2.10. The van der Waals surface area contributed by atoms with Crippen LogP contribution in [0.15, 0.2) is 0 Å². The Morgan fingerprint density at radius 1 is 1.05 bits per heavy atom. The summed E-state index contributed by atoms with van der Waals surface area (Å²) in [5, 5.41) is 14.1. The molecule has 0 aromatic carbocycles. The Hall–Kier alpha value is -1.59. The molecule has 0 aliphatic carbocycles. The van der Waals surface area contributed by atoms with Crippen LogP contribution < -0.4 is 10.6 Å². The van der Waals surface area contributed by atoms with Gasteiger partial charge in [-0.1, -0.05) is 13.8 Å². The lowest BCUT2D eigenvalue weighted by Gasteiger charge is -2.25. The standard InChI is InChI=1S/C14H26N2O4/c1-9(12(20)16-13(2,3)4)15-10(17)7-14(5,6)8-11(18)19/h9H,7-8H2,1-6H3,(H,15,17)(H,16,20)(H,18,19). The number of hydrogen-bond donors (Lipinski definition) is 3. The zero-order valence-corrected chi connectivity index (χ0v) is 13.2. The monoisotopic (exact) mass is 286 g/mol. The summed E-state index contributed by atoms with van der Waals surface area (Å²) < 4.78 is 0. The first-order chi connectivity index (χ1) is 8.82. The summed E-state index contributed by atoms with van der Waals surface area (Å²) >= 11 is 0. The van der Waals surface area contributed by atoms with E-state index in [1.165, 1.54) is 0 Å². The number of carboxylic acid groups (broad SMARTS) is 1. The fourth-order valence-corrected chi connectivity index (χ4v) is 1.74. The lowest BCUT2D eigenvalue weighted by molar-refractivity contribution is -0.140. The summed E-state index contributed by atoms with van der Waals surface area (Å²) in [5.41, 5.74) is -1.01. The van der Waals surface area contributed by atoms with Crippen LogP contribution in [0.1, 0.15) is 54.4 Å². The molecular weight excluding hydrogens is 260 g/mol. The largest absolute Gasteiger partial charge is 0.481 e. The summed E-state index contributed by atoms with van der Waals surface area (Å²) in [7, 11) is 0. The van der Waals surface area contributed by atoms with E-state index in [1.807, 2.05) is 20.8 Å². The highest BCUT2D eigenvalue weighted by molar-refractivity contribution is 5.88. The van der Waals surface area contributed by atoms with Gasteiger partial charge in [0.15, 0.2) is 0 Å². The molecule has 1 atom stereocenters. The minimum Gasteiger partial charge on any atom is -0.481 e. The van der Waals surface area contributed by atoms with Crippen molar-refractivity contribution in [2.75, 3.05) is 0 Å². The van der Waals surface area contributed by atoms with Crippen molar-refractivity contribution in [3.63, 3.8) is 0 Å². The van der Waals surface area contributed by atoms with Gasteiger partial charge in [0.2, 0.25) is 11.8 Å². The molecular formula is C14H26N2O4. The van der Waals surface area contributed by atoms with Crippen molar-refractivity contribution in [3.8, 4) is 0 Å². The van der Waals surface area contributed by atoms with Gasteiger partial charge >= 0.3 is 5.97 Å². The number of aliphatic carboxylic acids is 1. The quantitative estimate of drug-likeness (QED) is 0.685. The summed E-state index contributed by atoms with van der Waals surface area (Å²) in [6.45, 7) is 10.6. The van der Waals surface area contributed by atoms with E-state index in [2.05, 4.69) is 10.6 Å². The smallest absolute Gasteiger partial charge is 0.303 e. The Kier molecular flexibility index (Phi) is 6.19. The van der Waals surface area contributed by atoms with E-state index in [9.17, 15) is 14.4 Å². The fraction of sp³-hybridized carbons (Fsp3) is 0.786. The van der Waals surface area contributed by atoms with Gasteiger partial charge in [0.05, 0.1) is 6.42 Å². The van der Waals surface area contributed by atoms with Crippen LogP contribution >= 0.6 is 0 Å². The molecule has 6 heteroatoms. The lowest BCUT2D eigenvalue weighted by Crippen LogP contribution is -2.51. The van der Waals surface area contributed by atoms with Crippen molar-refractivity contribution >= 4 is 17.8 Å². The van der Waals surface area contributed by atoms with Gasteiger partial charge in [-0.05, 0) is 33.1 Å². The number of rotatable bonds is 6. The van der Waals surface area contributed by atoms with Gasteiger partial charge in [0.25, 0.3) is 0 Å². The third kappa shape index (κ3) is 8.50. The zero-order chi connectivity index (χ0) is 16.1. The Balaban J connectivity index is 4.40. The maximum Gasteiger partial charge on any atom is 0.303 e. The topological polar surface area (TPSA) is 95.5 Å². The molecule has 0 aromatic rings. The summed E-state index contributed by atoms with van der Waals surface area (Å²) in [6.07, 6.45) is -0.0323. The molecule has 0 aromatic heterocycles. The summed E-state index contributed by atoms with van der Waals surface area (Å²) in [6, 6.07) is -0.651. The van der Waals surface area contributed by atoms with Crippen LogP contribution in [0.5, 0.6) is 0 Å². The van der Waals surface area contributed by atoms with Crippen LogP contribution in [0.3, 0.4) is 0 Å².